The molecule has 0 radical (unpaired) electrons. The Labute approximate surface area is 119 Å². The zero-order chi connectivity index (χ0) is 13.8. The second-order valence-corrected chi connectivity index (χ2v) is 5.13. The highest BCUT2D eigenvalue weighted by atomic mass is 35.5. The first kappa shape index (κ1) is 13.8. The molecule has 0 saturated carbocycles. The predicted octanol–water partition coefficient (Wildman–Crippen LogP) is 4.39. The van der Waals surface area contributed by atoms with Crippen LogP contribution in [0.4, 0.5) is 11.5 Å². The van der Waals surface area contributed by atoms with Gasteiger partial charge in [0.25, 0.3) is 0 Å². The van der Waals surface area contributed by atoms with Crippen molar-refractivity contribution in [3.63, 3.8) is 0 Å². The maximum atomic E-state index is 5.84. The molecule has 0 amide bonds. The molecule has 0 unspecified atom stereocenters. The highest BCUT2D eigenvalue weighted by Crippen LogP contribution is 2.19. The Kier molecular flexibility index (Phi) is 4.38. The van der Waals surface area contributed by atoms with Crippen molar-refractivity contribution in [1.82, 2.24) is 9.97 Å². The van der Waals surface area contributed by atoms with Crippen LogP contribution in [0.2, 0.25) is 0 Å². The Morgan fingerprint density at radius 3 is 2.68 bits per heavy atom. The van der Waals surface area contributed by atoms with Gasteiger partial charge in [-0.2, -0.15) is 0 Å². The first-order valence-corrected chi connectivity index (χ1v) is 6.89. The maximum absolute atomic E-state index is 5.84. The number of rotatable bonds is 4. The van der Waals surface area contributed by atoms with Crippen molar-refractivity contribution in [2.45, 2.75) is 32.6 Å². The molecule has 1 heterocycles. The topological polar surface area (TPSA) is 37.8 Å². The fraction of sp³-hybridized carbons (Fsp3) is 0.333. The molecule has 19 heavy (non-hydrogen) atoms. The maximum Gasteiger partial charge on any atom is 0.134 e. The minimum Gasteiger partial charge on any atom is -0.340 e. The largest absolute Gasteiger partial charge is 0.340 e. The van der Waals surface area contributed by atoms with Gasteiger partial charge in [0, 0.05) is 29.2 Å². The molecule has 0 saturated heterocycles. The number of aryl methyl sites for hydroxylation is 1. The first-order valence-electron chi connectivity index (χ1n) is 6.36. The van der Waals surface area contributed by atoms with Gasteiger partial charge in [0.1, 0.15) is 11.6 Å². The lowest BCUT2D eigenvalue weighted by Crippen LogP contribution is -2.03. The number of nitrogens with one attached hydrogen (secondary N) is 1. The summed E-state index contributed by atoms with van der Waals surface area (Å²) in [5.74, 6) is 2.50. The summed E-state index contributed by atoms with van der Waals surface area (Å²) in [6.45, 7) is 6.16. The smallest absolute Gasteiger partial charge is 0.134 e. The molecule has 3 nitrogen and oxygen atoms in total. The van der Waals surface area contributed by atoms with Crippen LogP contribution in [-0.2, 0) is 5.88 Å². The van der Waals surface area contributed by atoms with E-state index in [0.717, 1.165) is 28.6 Å². The monoisotopic (exact) mass is 275 g/mol. The van der Waals surface area contributed by atoms with E-state index in [2.05, 4.69) is 29.1 Å². The van der Waals surface area contributed by atoms with Crippen LogP contribution in [0, 0.1) is 6.92 Å². The molecular formula is C15H18ClN3. The number of nitrogens with zero attached hydrogens (tertiary/aromatic N) is 2. The fourth-order valence-electron chi connectivity index (χ4n) is 1.79. The lowest BCUT2D eigenvalue weighted by Gasteiger charge is -2.10. The molecule has 2 aromatic rings. The van der Waals surface area contributed by atoms with Gasteiger partial charge in [0.05, 0.1) is 0 Å². The van der Waals surface area contributed by atoms with Gasteiger partial charge >= 0.3 is 0 Å². The molecule has 0 aliphatic heterocycles. The average molecular weight is 276 g/mol. The van der Waals surface area contributed by atoms with Crippen LogP contribution in [0.1, 0.15) is 36.8 Å². The van der Waals surface area contributed by atoms with Crippen molar-refractivity contribution in [2.75, 3.05) is 5.32 Å². The lowest BCUT2D eigenvalue weighted by atomic mass is 10.2. The Morgan fingerprint density at radius 2 is 2.00 bits per heavy atom. The number of hydrogen-bond donors (Lipinski definition) is 1. The molecule has 1 N–H and O–H groups in total. The van der Waals surface area contributed by atoms with Crippen molar-refractivity contribution in [3.05, 3.63) is 47.4 Å². The molecule has 0 aliphatic rings. The number of benzene rings is 1. The minimum absolute atomic E-state index is 0.314. The first-order chi connectivity index (χ1) is 9.08. The van der Waals surface area contributed by atoms with Gasteiger partial charge in [0.2, 0.25) is 0 Å². The number of halogens is 1. The summed E-state index contributed by atoms with van der Waals surface area (Å²) < 4.78 is 0. The van der Waals surface area contributed by atoms with Gasteiger partial charge in [-0.15, -0.1) is 11.6 Å². The second kappa shape index (κ2) is 6.02. The van der Waals surface area contributed by atoms with Crippen LogP contribution in [0.3, 0.4) is 0 Å². The van der Waals surface area contributed by atoms with E-state index in [1.54, 1.807) is 0 Å². The molecule has 100 valence electrons. The van der Waals surface area contributed by atoms with E-state index in [4.69, 9.17) is 11.6 Å². The van der Waals surface area contributed by atoms with E-state index in [9.17, 15) is 0 Å². The quantitative estimate of drug-likeness (QED) is 0.841. The molecule has 1 aromatic heterocycles. The Morgan fingerprint density at radius 1 is 1.21 bits per heavy atom. The van der Waals surface area contributed by atoms with Gasteiger partial charge in [-0.3, -0.25) is 0 Å². The molecular weight excluding hydrogens is 258 g/mol. The zero-order valence-corrected chi connectivity index (χ0v) is 12.2. The SMILES string of the molecule is Cc1cc(Nc2cccc(CCl)c2)nc(C(C)C)n1. The van der Waals surface area contributed by atoms with Crippen molar-refractivity contribution < 1.29 is 0 Å². The summed E-state index contributed by atoms with van der Waals surface area (Å²) in [6.07, 6.45) is 0. The van der Waals surface area contributed by atoms with Gasteiger partial charge in [-0.1, -0.05) is 26.0 Å². The van der Waals surface area contributed by atoms with Crippen molar-refractivity contribution >= 4 is 23.1 Å². The average Bonchev–Trinajstić information content (AvgIpc) is 2.38. The third-order valence-corrected chi connectivity index (χ3v) is 3.05. The summed E-state index contributed by atoms with van der Waals surface area (Å²) >= 11 is 5.84. The van der Waals surface area contributed by atoms with Crippen LogP contribution in [-0.4, -0.2) is 9.97 Å². The Hall–Kier alpha value is -1.61. The molecule has 0 atom stereocenters. The summed E-state index contributed by atoms with van der Waals surface area (Å²) in [5.41, 5.74) is 3.04. The standard InChI is InChI=1S/C15H18ClN3/c1-10(2)15-17-11(3)7-14(19-15)18-13-6-4-5-12(8-13)9-16/h4-8,10H,9H2,1-3H3,(H,17,18,19). The Balaban J connectivity index is 2.27. The van der Waals surface area contributed by atoms with Crippen molar-refractivity contribution in [2.24, 2.45) is 0 Å². The molecule has 0 spiro atoms. The van der Waals surface area contributed by atoms with E-state index in [-0.39, 0.29) is 0 Å². The zero-order valence-electron chi connectivity index (χ0n) is 11.4. The number of anilines is 2. The second-order valence-electron chi connectivity index (χ2n) is 4.87. The molecule has 0 fully saturated rings. The summed E-state index contributed by atoms with van der Waals surface area (Å²) in [7, 11) is 0. The van der Waals surface area contributed by atoms with Crippen LogP contribution in [0.5, 0.6) is 0 Å². The summed E-state index contributed by atoms with van der Waals surface area (Å²) in [4.78, 5) is 8.97. The highest BCUT2D eigenvalue weighted by Gasteiger charge is 2.06. The van der Waals surface area contributed by atoms with Crippen LogP contribution >= 0.6 is 11.6 Å². The molecule has 0 aliphatic carbocycles. The van der Waals surface area contributed by atoms with E-state index in [1.807, 2.05) is 37.3 Å². The molecule has 0 bridgehead atoms. The van der Waals surface area contributed by atoms with Gasteiger partial charge < -0.3 is 5.32 Å². The third-order valence-electron chi connectivity index (χ3n) is 2.74. The molecule has 1 aromatic carbocycles. The normalized spacial score (nSPS) is 10.8. The van der Waals surface area contributed by atoms with Crippen LogP contribution in [0.25, 0.3) is 0 Å². The summed E-state index contributed by atoms with van der Waals surface area (Å²) in [5, 5.41) is 3.30. The third kappa shape index (κ3) is 3.67. The fourth-order valence-corrected chi connectivity index (χ4v) is 1.96. The highest BCUT2D eigenvalue weighted by molar-refractivity contribution is 6.17. The van der Waals surface area contributed by atoms with E-state index < -0.39 is 0 Å². The lowest BCUT2D eigenvalue weighted by molar-refractivity contribution is 0.768. The number of alkyl halides is 1. The van der Waals surface area contributed by atoms with Gasteiger partial charge in [-0.25, -0.2) is 9.97 Å². The number of hydrogen-bond acceptors (Lipinski definition) is 3. The predicted molar refractivity (Wildman–Crippen MR) is 80.1 cm³/mol. The van der Waals surface area contributed by atoms with E-state index in [0.29, 0.717) is 11.8 Å². The van der Waals surface area contributed by atoms with Crippen LogP contribution < -0.4 is 5.32 Å². The number of aromatic nitrogens is 2. The minimum atomic E-state index is 0.314. The Bertz CT molecular complexity index is 567. The van der Waals surface area contributed by atoms with E-state index >= 15 is 0 Å². The van der Waals surface area contributed by atoms with Crippen LogP contribution in [0.15, 0.2) is 30.3 Å². The van der Waals surface area contributed by atoms with Crippen molar-refractivity contribution in [1.29, 1.82) is 0 Å². The van der Waals surface area contributed by atoms with Crippen molar-refractivity contribution in [3.8, 4) is 0 Å². The van der Waals surface area contributed by atoms with Gasteiger partial charge in [0.15, 0.2) is 0 Å². The van der Waals surface area contributed by atoms with E-state index in [1.165, 1.54) is 0 Å². The summed E-state index contributed by atoms with van der Waals surface area (Å²) in [6, 6.07) is 9.96. The molecule has 4 heteroatoms. The van der Waals surface area contributed by atoms with Gasteiger partial charge in [-0.05, 0) is 24.6 Å². The molecule has 2 rings (SSSR count).